The summed E-state index contributed by atoms with van der Waals surface area (Å²) in [6.07, 6.45) is 2.14. The fraction of sp³-hybridized carbons (Fsp3) is 0.250. The minimum absolute atomic E-state index is 0.100. The molecule has 1 saturated carbocycles. The summed E-state index contributed by atoms with van der Waals surface area (Å²) >= 11 is 0. The third-order valence-electron chi connectivity index (χ3n) is 9.47. The van der Waals surface area contributed by atoms with E-state index in [-0.39, 0.29) is 18.6 Å². The first kappa shape index (κ1) is 27.4. The van der Waals surface area contributed by atoms with Gasteiger partial charge in [0.2, 0.25) is 0 Å². The van der Waals surface area contributed by atoms with Gasteiger partial charge in [0.1, 0.15) is 0 Å². The van der Waals surface area contributed by atoms with E-state index in [9.17, 15) is 10.2 Å². The summed E-state index contributed by atoms with van der Waals surface area (Å²) < 4.78 is 0. The van der Waals surface area contributed by atoms with Gasteiger partial charge in [-0.3, -0.25) is 0 Å². The van der Waals surface area contributed by atoms with Crippen LogP contribution in [-0.2, 0) is 0 Å². The summed E-state index contributed by atoms with van der Waals surface area (Å²) in [7, 11) is 0.609. The first-order valence-corrected chi connectivity index (χ1v) is 19.3. The Hall–Kier alpha value is -2.21. The standard InChI is InChI=1S/C32H40B2O2P2/c33-37(25-13-5-1-6-14-25,26-15-7-2-8-16-26)24-30-29(21-22-35)31(36)23-32(30)38(34,27-17-9-3-10-18-27)28-19-11-4-12-20-28/h1-20,29-32,35-38H,21-24,33-34H2/t29-,30-,31+,32+/m0/s1. The molecule has 1 aliphatic carbocycles. The number of aliphatic hydroxyl groups is 2. The Morgan fingerprint density at radius 3 is 1.39 bits per heavy atom. The molecule has 0 saturated heterocycles. The fourth-order valence-corrected chi connectivity index (χ4v) is 16.7. The van der Waals surface area contributed by atoms with Crippen molar-refractivity contribution < 1.29 is 10.2 Å². The topological polar surface area (TPSA) is 40.5 Å². The molecular weight excluding hydrogens is 500 g/mol. The van der Waals surface area contributed by atoms with Crippen molar-refractivity contribution in [2.75, 3.05) is 12.8 Å². The summed E-state index contributed by atoms with van der Waals surface area (Å²) in [5.41, 5.74) is 0.373. The van der Waals surface area contributed by atoms with E-state index >= 15 is 0 Å². The average Bonchev–Trinajstić information content (AvgIpc) is 3.29. The first-order valence-electron chi connectivity index (χ1n) is 14.0. The molecule has 0 aromatic heterocycles. The monoisotopic (exact) mass is 540 g/mol. The van der Waals surface area contributed by atoms with E-state index in [0.717, 1.165) is 12.6 Å². The zero-order chi connectivity index (χ0) is 26.6. The maximum absolute atomic E-state index is 11.6. The molecule has 0 radical (unpaired) electrons. The van der Waals surface area contributed by atoms with Crippen molar-refractivity contribution in [3.05, 3.63) is 121 Å². The normalized spacial score (nSPS) is 22.7. The SMILES string of the molecule is B[PH](C[C@H]1[C@H](CCO)[C@H](O)C[C@H]1[PH](B)(c1ccccc1)c1ccccc1)(c1ccccc1)c1ccccc1. The van der Waals surface area contributed by atoms with Crippen molar-refractivity contribution in [2.24, 2.45) is 11.8 Å². The Bertz CT molecular complexity index is 1210. The second-order valence-corrected chi connectivity index (χ2v) is 20.0. The van der Waals surface area contributed by atoms with E-state index in [4.69, 9.17) is 0 Å². The van der Waals surface area contributed by atoms with Crippen LogP contribution in [0.1, 0.15) is 12.8 Å². The zero-order valence-electron chi connectivity index (χ0n) is 22.6. The van der Waals surface area contributed by atoms with E-state index in [0.29, 0.717) is 18.0 Å². The van der Waals surface area contributed by atoms with Gasteiger partial charge in [0.15, 0.2) is 0 Å². The zero-order valence-corrected chi connectivity index (χ0v) is 24.6. The van der Waals surface area contributed by atoms with Crippen molar-refractivity contribution in [3.63, 3.8) is 0 Å². The van der Waals surface area contributed by atoms with Gasteiger partial charge in [0.25, 0.3) is 0 Å². The molecule has 1 fully saturated rings. The molecule has 38 heavy (non-hydrogen) atoms. The molecule has 196 valence electrons. The van der Waals surface area contributed by atoms with Crippen LogP contribution in [0.2, 0.25) is 0 Å². The van der Waals surface area contributed by atoms with Gasteiger partial charge in [-0.15, -0.1) is 0 Å². The summed E-state index contributed by atoms with van der Waals surface area (Å²) in [5.74, 6) is 0.426. The summed E-state index contributed by atoms with van der Waals surface area (Å²) in [5, 5.41) is 27.5. The van der Waals surface area contributed by atoms with Gasteiger partial charge in [0.05, 0.1) is 0 Å². The molecule has 4 aromatic rings. The van der Waals surface area contributed by atoms with Crippen molar-refractivity contribution >= 4 is 50.6 Å². The Balaban J connectivity index is 1.67. The fourth-order valence-electron chi connectivity index (χ4n) is 7.36. The van der Waals surface area contributed by atoms with Crippen molar-refractivity contribution in [1.82, 2.24) is 0 Å². The molecule has 4 aromatic carbocycles. The van der Waals surface area contributed by atoms with E-state index < -0.39 is 14.3 Å². The third kappa shape index (κ3) is 5.17. The minimum atomic E-state index is -2.27. The summed E-state index contributed by atoms with van der Waals surface area (Å²) in [6, 6.07) is 44.3. The number of hydrogen-bond acceptors (Lipinski definition) is 2. The van der Waals surface area contributed by atoms with Gasteiger partial charge >= 0.3 is 231 Å². The van der Waals surface area contributed by atoms with Crippen LogP contribution < -0.4 is 21.2 Å². The molecule has 5 rings (SSSR count). The number of hydrogen-bond donors (Lipinski definition) is 2. The van der Waals surface area contributed by atoms with Crippen LogP contribution >= 0.6 is 14.3 Å². The van der Waals surface area contributed by atoms with Crippen LogP contribution in [0.25, 0.3) is 0 Å². The molecule has 2 nitrogen and oxygen atoms in total. The molecule has 0 spiro atoms. The summed E-state index contributed by atoms with van der Waals surface area (Å²) in [4.78, 5) is 0. The van der Waals surface area contributed by atoms with E-state index in [1.54, 1.807) is 0 Å². The van der Waals surface area contributed by atoms with E-state index in [2.05, 4.69) is 136 Å². The summed E-state index contributed by atoms with van der Waals surface area (Å²) in [6.45, 7) is 0.120. The Morgan fingerprint density at radius 1 is 0.605 bits per heavy atom. The van der Waals surface area contributed by atoms with Crippen LogP contribution in [0, 0.1) is 11.8 Å². The molecule has 6 heteroatoms. The molecule has 2 N–H and O–H groups in total. The van der Waals surface area contributed by atoms with Gasteiger partial charge in [-0.25, -0.2) is 0 Å². The molecule has 0 aliphatic heterocycles. The van der Waals surface area contributed by atoms with Crippen molar-refractivity contribution in [2.45, 2.75) is 24.6 Å². The van der Waals surface area contributed by atoms with E-state index in [1.807, 2.05) is 0 Å². The number of rotatable bonds is 9. The van der Waals surface area contributed by atoms with Crippen LogP contribution in [0.15, 0.2) is 121 Å². The van der Waals surface area contributed by atoms with Crippen molar-refractivity contribution in [3.8, 4) is 0 Å². The van der Waals surface area contributed by atoms with Gasteiger partial charge in [-0.05, 0) is 0 Å². The predicted octanol–water partition coefficient (Wildman–Crippen LogP) is 2.63. The predicted molar refractivity (Wildman–Crippen MR) is 176 cm³/mol. The van der Waals surface area contributed by atoms with Crippen LogP contribution in [-0.4, -0.2) is 49.9 Å². The quantitative estimate of drug-likeness (QED) is 0.253. The Labute approximate surface area is 230 Å². The molecule has 0 unspecified atom stereocenters. The second kappa shape index (κ2) is 11.9. The molecule has 4 atom stereocenters. The Kier molecular flexibility index (Phi) is 8.56. The second-order valence-electron chi connectivity index (χ2n) is 11.5. The van der Waals surface area contributed by atoms with Gasteiger partial charge in [-0.2, -0.15) is 0 Å². The molecule has 0 amide bonds. The van der Waals surface area contributed by atoms with Crippen LogP contribution in [0.5, 0.6) is 0 Å². The first-order chi connectivity index (χ1) is 18.5. The average molecular weight is 540 g/mol. The van der Waals surface area contributed by atoms with Gasteiger partial charge < -0.3 is 0 Å². The molecule has 0 heterocycles. The number of aliphatic hydroxyl groups excluding tert-OH is 2. The molecule has 1 aliphatic rings. The van der Waals surface area contributed by atoms with E-state index in [1.165, 1.54) is 21.2 Å². The Morgan fingerprint density at radius 2 is 1.00 bits per heavy atom. The molecule has 0 bridgehead atoms. The number of benzene rings is 4. The van der Waals surface area contributed by atoms with Gasteiger partial charge in [-0.1, -0.05) is 0 Å². The molecular formula is C32H40B2O2P2. The van der Waals surface area contributed by atoms with Crippen molar-refractivity contribution in [1.29, 1.82) is 0 Å². The van der Waals surface area contributed by atoms with Crippen LogP contribution in [0.3, 0.4) is 0 Å². The van der Waals surface area contributed by atoms with Crippen LogP contribution in [0.4, 0.5) is 0 Å². The third-order valence-corrected chi connectivity index (χ3v) is 19.2. The van der Waals surface area contributed by atoms with Gasteiger partial charge in [0, 0.05) is 0 Å². The maximum atomic E-state index is 11.6.